The zero-order chi connectivity index (χ0) is 14.5. The molecule has 2 aromatic rings. The lowest BCUT2D eigenvalue weighted by Gasteiger charge is -2.15. The number of rotatable bonds is 6. The maximum atomic E-state index is 12.0. The Labute approximate surface area is 126 Å². The van der Waals surface area contributed by atoms with Crippen molar-refractivity contribution in [2.75, 3.05) is 19.0 Å². The fourth-order valence-corrected chi connectivity index (χ4v) is 2.68. The lowest BCUT2D eigenvalue weighted by atomic mass is 10.2. The molecule has 0 saturated carbocycles. The van der Waals surface area contributed by atoms with Crippen molar-refractivity contribution in [2.24, 2.45) is 0 Å². The first kappa shape index (κ1) is 15.0. The third-order valence-corrected chi connectivity index (χ3v) is 4.25. The molecular weight excluding hydrogens is 298 g/mol. The molecule has 7 heteroatoms. The second-order valence-corrected chi connectivity index (χ2v) is 5.63. The van der Waals surface area contributed by atoms with Gasteiger partial charge in [0, 0.05) is 12.0 Å². The van der Waals surface area contributed by atoms with Crippen LogP contribution in [0.5, 0.6) is 0 Å². The molecule has 20 heavy (non-hydrogen) atoms. The standard InChI is InChI=1S/C13H16ClN3O2S/c1-9(11-4-3-7-20-11)16-10-8-15-17(5-6-19-2)13(18)12(10)14/h3-4,7-9,16H,5-6H2,1-2H3. The summed E-state index contributed by atoms with van der Waals surface area (Å²) in [6, 6.07) is 4.09. The van der Waals surface area contributed by atoms with Crippen LogP contribution in [-0.2, 0) is 11.3 Å². The van der Waals surface area contributed by atoms with E-state index in [0.29, 0.717) is 18.8 Å². The van der Waals surface area contributed by atoms with E-state index in [0.717, 1.165) is 0 Å². The molecule has 0 radical (unpaired) electrons. The van der Waals surface area contributed by atoms with E-state index in [2.05, 4.69) is 10.4 Å². The van der Waals surface area contributed by atoms with E-state index >= 15 is 0 Å². The predicted molar refractivity (Wildman–Crippen MR) is 81.7 cm³/mol. The minimum atomic E-state index is -0.313. The number of nitrogens with zero attached hydrogens (tertiary/aromatic N) is 2. The Morgan fingerprint density at radius 1 is 1.60 bits per heavy atom. The lowest BCUT2D eigenvalue weighted by molar-refractivity contribution is 0.182. The van der Waals surface area contributed by atoms with Gasteiger partial charge in [-0.05, 0) is 18.4 Å². The third-order valence-electron chi connectivity index (χ3n) is 2.83. The van der Waals surface area contributed by atoms with Crippen LogP contribution >= 0.6 is 22.9 Å². The average molecular weight is 314 g/mol. The molecule has 0 aliphatic carbocycles. The van der Waals surface area contributed by atoms with Crippen LogP contribution in [0.25, 0.3) is 0 Å². The van der Waals surface area contributed by atoms with E-state index < -0.39 is 0 Å². The number of nitrogens with one attached hydrogen (secondary N) is 1. The van der Waals surface area contributed by atoms with Gasteiger partial charge in [-0.15, -0.1) is 11.3 Å². The van der Waals surface area contributed by atoms with Gasteiger partial charge in [0.25, 0.3) is 5.56 Å². The Morgan fingerprint density at radius 3 is 3.05 bits per heavy atom. The summed E-state index contributed by atoms with van der Waals surface area (Å²) < 4.78 is 6.23. The van der Waals surface area contributed by atoms with Crippen LogP contribution in [-0.4, -0.2) is 23.5 Å². The minimum absolute atomic E-state index is 0.0727. The monoisotopic (exact) mass is 313 g/mol. The summed E-state index contributed by atoms with van der Waals surface area (Å²) >= 11 is 7.76. The molecule has 1 unspecified atom stereocenters. The number of hydrogen-bond acceptors (Lipinski definition) is 5. The van der Waals surface area contributed by atoms with E-state index in [1.54, 1.807) is 24.6 Å². The Balaban J connectivity index is 2.17. The molecule has 5 nitrogen and oxygen atoms in total. The van der Waals surface area contributed by atoms with Gasteiger partial charge in [0.2, 0.25) is 0 Å². The van der Waals surface area contributed by atoms with Crippen LogP contribution in [0.4, 0.5) is 5.69 Å². The van der Waals surface area contributed by atoms with Gasteiger partial charge in [0.15, 0.2) is 0 Å². The van der Waals surface area contributed by atoms with Crippen LogP contribution in [0.15, 0.2) is 28.5 Å². The van der Waals surface area contributed by atoms with Gasteiger partial charge < -0.3 is 10.1 Å². The zero-order valence-electron chi connectivity index (χ0n) is 11.3. The topological polar surface area (TPSA) is 56.1 Å². The van der Waals surface area contributed by atoms with Crippen molar-refractivity contribution < 1.29 is 4.74 Å². The van der Waals surface area contributed by atoms with Gasteiger partial charge >= 0.3 is 0 Å². The number of aromatic nitrogens is 2. The number of halogens is 1. The molecule has 0 aliphatic heterocycles. The molecule has 0 aromatic carbocycles. The van der Waals surface area contributed by atoms with Crippen LogP contribution in [0.1, 0.15) is 17.8 Å². The highest BCUT2D eigenvalue weighted by atomic mass is 35.5. The Bertz CT molecular complexity index is 613. The molecule has 0 fully saturated rings. The average Bonchev–Trinajstić information content (AvgIpc) is 2.97. The van der Waals surface area contributed by atoms with Crippen LogP contribution in [0.2, 0.25) is 5.02 Å². The lowest BCUT2D eigenvalue weighted by Crippen LogP contribution is -2.26. The molecular formula is C13H16ClN3O2S. The molecule has 1 atom stereocenters. The Hall–Kier alpha value is -1.37. The van der Waals surface area contributed by atoms with Gasteiger partial charge in [-0.1, -0.05) is 17.7 Å². The first-order chi connectivity index (χ1) is 9.63. The summed E-state index contributed by atoms with van der Waals surface area (Å²) in [6.45, 7) is 2.82. The minimum Gasteiger partial charge on any atom is -0.383 e. The summed E-state index contributed by atoms with van der Waals surface area (Å²) in [5.74, 6) is 0. The van der Waals surface area contributed by atoms with Crippen molar-refractivity contribution in [3.63, 3.8) is 0 Å². The van der Waals surface area contributed by atoms with Crippen LogP contribution in [0, 0.1) is 0 Å². The van der Waals surface area contributed by atoms with Gasteiger partial charge in [-0.25, -0.2) is 4.68 Å². The second-order valence-electron chi connectivity index (χ2n) is 4.27. The molecule has 0 spiro atoms. The van der Waals surface area contributed by atoms with E-state index in [9.17, 15) is 4.79 Å². The summed E-state index contributed by atoms with van der Waals surface area (Å²) in [4.78, 5) is 13.2. The second kappa shape index (κ2) is 6.88. The number of ether oxygens (including phenoxy) is 1. The molecule has 0 bridgehead atoms. The number of methoxy groups -OCH3 is 1. The van der Waals surface area contributed by atoms with Crippen molar-refractivity contribution in [3.8, 4) is 0 Å². The molecule has 2 aromatic heterocycles. The fourth-order valence-electron chi connectivity index (χ4n) is 1.74. The summed E-state index contributed by atoms with van der Waals surface area (Å²) in [6.07, 6.45) is 1.57. The number of hydrogen-bond donors (Lipinski definition) is 1. The largest absolute Gasteiger partial charge is 0.383 e. The van der Waals surface area contributed by atoms with Crippen molar-refractivity contribution >= 4 is 28.6 Å². The Kier molecular flexibility index (Phi) is 5.17. The van der Waals surface area contributed by atoms with Crippen molar-refractivity contribution in [1.82, 2.24) is 9.78 Å². The number of thiophene rings is 1. The van der Waals surface area contributed by atoms with Gasteiger partial charge in [0.05, 0.1) is 31.1 Å². The molecule has 2 rings (SSSR count). The molecule has 1 N–H and O–H groups in total. The van der Waals surface area contributed by atoms with Gasteiger partial charge in [-0.2, -0.15) is 5.10 Å². The summed E-state index contributed by atoms with van der Waals surface area (Å²) in [5.41, 5.74) is 0.235. The quantitative estimate of drug-likeness (QED) is 0.891. The highest BCUT2D eigenvalue weighted by Gasteiger charge is 2.12. The normalized spacial score (nSPS) is 12.3. The predicted octanol–water partition coefficient (Wildman–Crippen LogP) is 2.78. The molecule has 0 aliphatic rings. The zero-order valence-corrected chi connectivity index (χ0v) is 12.9. The Morgan fingerprint density at radius 2 is 2.40 bits per heavy atom. The van der Waals surface area contributed by atoms with E-state index in [4.69, 9.17) is 16.3 Å². The molecule has 0 saturated heterocycles. The van der Waals surface area contributed by atoms with E-state index in [1.165, 1.54) is 9.56 Å². The maximum absolute atomic E-state index is 12.0. The summed E-state index contributed by atoms with van der Waals surface area (Å²) in [7, 11) is 1.57. The van der Waals surface area contributed by atoms with Crippen LogP contribution in [0.3, 0.4) is 0 Å². The van der Waals surface area contributed by atoms with E-state index in [-0.39, 0.29) is 16.6 Å². The maximum Gasteiger partial charge on any atom is 0.287 e. The van der Waals surface area contributed by atoms with E-state index in [1.807, 2.05) is 24.4 Å². The van der Waals surface area contributed by atoms with Gasteiger partial charge in [0.1, 0.15) is 5.02 Å². The van der Waals surface area contributed by atoms with Gasteiger partial charge in [-0.3, -0.25) is 4.79 Å². The highest BCUT2D eigenvalue weighted by Crippen LogP contribution is 2.25. The molecule has 0 amide bonds. The van der Waals surface area contributed by atoms with Crippen molar-refractivity contribution in [3.05, 3.63) is 44.0 Å². The molecule has 2 heterocycles. The van der Waals surface area contributed by atoms with Crippen molar-refractivity contribution in [1.29, 1.82) is 0 Å². The van der Waals surface area contributed by atoms with Crippen molar-refractivity contribution in [2.45, 2.75) is 19.5 Å². The first-order valence-electron chi connectivity index (χ1n) is 6.18. The highest BCUT2D eigenvalue weighted by molar-refractivity contribution is 7.10. The SMILES string of the molecule is COCCn1ncc(NC(C)c2cccs2)c(Cl)c1=O. The summed E-state index contributed by atoms with van der Waals surface area (Å²) in [5, 5.41) is 9.46. The number of anilines is 1. The smallest absolute Gasteiger partial charge is 0.287 e. The fraction of sp³-hybridized carbons (Fsp3) is 0.385. The third kappa shape index (κ3) is 3.39. The first-order valence-corrected chi connectivity index (χ1v) is 7.43. The van der Waals surface area contributed by atoms with Crippen LogP contribution < -0.4 is 10.9 Å². The molecule has 108 valence electrons.